The third kappa shape index (κ3) is 5.95. The number of nitrogens with zero attached hydrogens (tertiary/aromatic N) is 1. The Labute approximate surface area is 68.5 Å². The van der Waals surface area contributed by atoms with Crippen LogP contribution in [0.5, 0.6) is 0 Å². The average Bonchev–Trinajstić information content (AvgIpc) is 1.87. The first-order chi connectivity index (χ1) is 4.66. The second kappa shape index (κ2) is 5.59. The van der Waals surface area contributed by atoms with Crippen molar-refractivity contribution in [2.75, 3.05) is 5.75 Å². The number of hydrogen-bond acceptors (Lipinski definition) is 3. The van der Waals surface area contributed by atoms with Gasteiger partial charge < -0.3 is 5.43 Å². The maximum Gasteiger partial charge on any atom is 0.0499 e. The van der Waals surface area contributed by atoms with Gasteiger partial charge in [0.2, 0.25) is 0 Å². The van der Waals surface area contributed by atoms with Gasteiger partial charge in [-0.3, -0.25) is 0 Å². The highest BCUT2D eigenvalue weighted by atomic mass is 32.1. The molecule has 2 nitrogen and oxygen atoms in total. The molecule has 1 unspecified atom stereocenters. The minimum Gasteiger partial charge on any atom is -0.307 e. The molecule has 0 radical (unpaired) electrons. The van der Waals surface area contributed by atoms with Crippen LogP contribution in [-0.4, -0.2) is 18.0 Å². The lowest BCUT2D eigenvalue weighted by molar-refractivity contribution is 0.627. The van der Waals surface area contributed by atoms with Crippen molar-refractivity contribution < 1.29 is 0 Å². The first kappa shape index (κ1) is 9.82. The van der Waals surface area contributed by atoms with Crippen LogP contribution in [0.25, 0.3) is 0 Å². The predicted molar refractivity (Wildman–Crippen MR) is 49.8 cm³/mol. The van der Waals surface area contributed by atoms with Gasteiger partial charge in [-0.15, -0.1) is 0 Å². The fourth-order valence-electron chi connectivity index (χ4n) is 0.360. The lowest BCUT2D eigenvalue weighted by Crippen LogP contribution is -2.22. The summed E-state index contributed by atoms with van der Waals surface area (Å²) in [4.78, 5) is 0. The minimum atomic E-state index is 0.360. The predicted octanol–water partition coefficient (Wildman–Crippen LogP) is 1.54. The van der Waals surface area contributed by atoms with E-state index in [4.69, 9.17) is 0 Å². The van der Waals surface area contributed by atoms with E-state index in [0.717, 1.165) is 5.75 Å². The Kier molecular flexibility index (Phi) is 5.49. The van der Waals surface area contributed by atoms with Gasteiger partial charge in [0.25, 0.3) is 0 Å². The molecule has 0 spiro atoms. The molecular weight excluding hydrogens is 144 g/mol. The van der Waals surface area contributed by atoms with Gasteiger partial charge in [-0.1, -0.05) is 13.8 Å². The zero-order chi connectivity index (χ0) is 7.98. The molecule has 0 amide bonds. The van der Waals surface area contributed by atoms with Crippen molar-refractivity contribution >= 4 is 18.8 Å². The van der Waals surface area contributed by atoms with Crippen LogP contribution in [0.4, 0.5) is 0 Å². The first-order valence-electron chi connectivity index (χ1n) is 3.56. The molecule has 0 aromatic heterocycles. The van der Waals surface area contributed by atoms with Crippen molar-refractivity contribution in [1.82, 2.24) is 5.43 Å². The summed E-state index contributed by atoms with van der Waals surface area (Å²) in [5.74, 6) is 1.33. The highest BCUT2D eigenvalue weighted by Crippen LogP contribution is 1.86. The van der Waals surface area contributed by atoms with E-state index in [-0.39, 0.29) is 0 Å². The fraction of sp³-hybridized carbons (Fsp3) is 0.857. The molecule has 0 heterocycles. The summed E-state index contributed by atoms with van der Waals surface area (Å²) >= 11 is 4.10. The molecule has 0 saturated heterocycles. The van der Waals surface area contributed by atoms with Crippen LogP contribution >= 0.6 is 12.6 Å². The molecule has 0 aliphatic heterocycles. The Hall–Kier alpha value is -0.180. The number of nitrogens with one attached hydrogen (secondary N) is 1. The summed E-state index contributed by atoms with van der Waals surface area (Å²) in [7, 11) is 0. The van der Waals surface area contributed by atoms with Crippen molar-refractivity contribution in [3.05, 3.63) is 0 Å². The van der Waals surface area contributed by atoms with Crippen LogP contribution in [0.15, 0.2) is 5.10 Å². The Morgan fingerprint density at radius 3 is 2.50 bits per heavy atom. The van der Waals surface area contributed by atoms with Crippen LogP contribution in [0, 0.1) is 5.92 Å². The molecule has 0 aliphatic rings. The van der Waals surface area contributed by atoms with Gasteiger partial charge in [0.1, 0.15) is 0 Å². The largest absolute Gasteiger partial charge is 0.307 e. The number of hydrogen-bond donors (Lipinski definition) is 2. The Morgan fingerprint density at radius 1 is 1.50 bits per heavy atom. The lowest BCUT2D eigenvalue weighted by atomic mass is 10.3. The van der Waals surface area contributed by atoms with Crippen LogP contribution in [-0.2, 0) is 0 Å². The third-order valence-electron chi connectivity index (χ3n) is 0.941. The van der Waals surface area contributed by atoms with Gasteiger partial charge in [0.15, 0.2) is 0 Å². The normalized spacial score (nSPS) is 14.5. The first-order valence-corrected chi connectivity index (χ1v) is 4.19. The smallest absolute Gasteiger partial charge is 0.0499 e. The average molecular weight is 160 g/mol. The molecule has 0 aromatic rings. The monoisotopic (exact) mass is 160 g/mol. The second-order valence-electron chi connectivity index (χ2n) is 2.73. The molecule has 60 valence electrons. The van der Waals surface area contributed by atoms with Crippen molar-refractivity contribution in [1.29, 1.82) is 0 Å². The molecule has 0 aromatic carbocycles. The van der Waals surface area contributed by atoms with E-state index in [1.807, 2.05) is 13.1 Å². The second-order valence-corrected chi connectivity index (χ2v) is 3.10. The number of thiol groups is 1. The third-order valence-corrected chi connectivity index (χ3v) is 1.49. The SMILES string of the molecule is CC(C)/C=N\NC(C)CS. The van der Waals surface area contributed by atoms with Crippen LogP contribution in [0.3, 0.4) is 0 Å². The summed E-state index contributed by atoms with van der Waals surface area (Å²) < 4.78 is 0. The molecule has 0 rings (SSSR count). The molecule has 1 N–H and O–H groups in total. The Balaban J connectivity index is 3.33. The van der Waals surface area contributed by atoms with E-state index in [1.165, 1.54) is 0 Å². The molecular formula is C7H16N2S. The molecule has 0 saturated carbocycles. The molecule has 0 bridgehead atoms. The van der Waals surface area contributed by atoms with Gasteiger partial charge in [-0.05, 0) is 12.8 Å². The van der Waals surface area contributed by atoms with Gasteiger partial charge in [0, 0.05) is 18.0 Å². The number of hydrazone groups is 1. The van der Waals surface area contributed by atoms with Crippen LogP contribution in [0.2, 0.25) is 0 Å². The summed E-state index contributed by atoms with van der Waals surface area (Å²) in [6.07, 6.45) is 1.89. The quantitative estimate of drug-likeness (QED) is 0.364. The van der Waals surface area contributed by atoms with Gasteiger partial charge in [-0.2, -0.15) is 17.7 Å². The highest BCUT2D eigenvalue weighted by Gasteiger charge is 1.92. The zero-order valence-corrected chi connectivity index (χ0v) is 7.73. The van der Waals surface area contributed by atoms with Gasteiger partial charge in [0.05, 0.1) is 0 Å². The van der Waals surface area contributed by atoms with Gasteiger partial charge in [-0.25, -0.2) is 0 Å². The molecule has 10 heavy (non-hydrogen) atoms. The Morgan fingerprint density at radius 2 is 2.10 bits per heavy atom. The topological polar surface area (TPSA) is 24.4 Å². The fourth-order valence-corrected chi connectivity index (χ4v) is 0.442. The minimum absolute atomic E-state index is 0.360. The van der Waals surface area contributed by atoms with Gasteiger partial charge >= 0.3 is 0 Å². The van der Waals surface area contributed by atoms with E-state index >= 15 is 0 Å². The standard InChI is InChI=1S/C7H16N2S/c1-6(2)4-8-9-7(3)5-10/h4,6-7,9-10H,5H2,1-3H3/b8-4-. The Bertz CT molecular complexity index is 102. The van der Waals surface area contributed by atoms with E-state index in [0.29, 0.717) is 12.0 Å². The van der Waals surface area contributed by atoms with E-state index < -0.39 is 0 Å². The highest BCUT2D eigenvalue weighted by molar-refractivity contribution is 7.80. The van der Waals surface area contributed by atoms with Crippen molar-refractivity contribution in [2.45, 2.75) is 26.8 Å². The van der Waals surface area contributed by atoms with Crippen molar-refractivity contribution in [2.24, 2.45) is 11.0 Å². The number of rotatable bonds is 4. The molecule has 0 fully saturated rings. The van der Waals surface area contributed by atoms with Crippen LogP contribution < -0.4 is 5.43 Å². The summed E-state index contributed by atoms with van der Waals surface area (Å²) in [5, 5.41) is 4.02. The maximum atomic E-state index is 4.10. The summed E-state index contributed by atoms with van der Waals surface area (Å²) in [6, 6.07) is 0.360. The molecule has 1 atom stereocenters. The van der Waals surface area contributed by atoms with E-state index in [9.17, 15) is 0 Å². The van der Waals surface area contributed by atoms with E-state index in [2.05, 4.69) is 37.0 Å². The summed E-state index contributed by atoms with van der Waals surface area (Å²) in [6.45, 7) is 6.23. The zero-order valence-electron chi connectivity index (χ0n) is 6.83. The van der Waals surface area contributed by atoms with E-state index in [1.54, 1.807) is 0 Å². The maximum absolute atomic E-state index is 4.10. The van der Waals surface area contributed by atoms with Crippen molar-refractivity contribution in [3.8, 4) is 0 Å². The lowest BCUT2D eigenvalue weighted by Gasteiger charge is -2.05. The molecule has 3 heteroatoms. The molecule has 0 aliphatic carbocycles. The summed E-state index contributed by atoms with van der Waals surface area (Å²) in [5.41, 5.74) is 2.96. The van der Waals surface area contributed by atoms with Crippen molar-refractivity contribution in [3.63, 3.8) is 0 Å². The van der Waals surface area contributed by atoms with Crippen LogP contribution in [0.1, 0.15) is 20.8 Å².